The SMILES string of the molecule is O=C1N(CCF)c2ccc(Cl)cc2C(c2ccc(F)cc2)N1CC(F)(F)F. The second-order valence-corrected chi connectivity index (χ2v) is 6.46. The number of benzene rings is 2. The van der Waals surface area contributed by atoms with Crippen LogP contribution in [0.25, 0.3) is 0 Å². The first-order valence-corrected chi connectivity index (χ1v) is 8.35. The molecular weight excluding hydrogens is 391 g/mol. The molecule has 1 heterocycles. The summed E-state index contributed by atoms with van der Waals surface area (Å²) in [5.41, 5.74) is 0.874. The maximum Gasteiger partial charge on any atom is 0.406 e. The lowest BCUT2D eigenvalue weighted by Gasteiger charge is -2.43. The van der Waals surface area contributed by atoms with E-state index < -0.39 is 43.8 Å². The number of nitrogens with zero attached hydrogens (tertiary/aromatic N) is 2. The number of hydrogen-bond donors (Lipinski definition) is 0. The van der Waals surface area contributed by atoms with Gasteiger partial charge in [0.15, 0.2) is 0 Å². The van der Waals surface area contributed by atoms with Gasteiger partial charge in [-0.05, 0) is 35.9 Å². The number of halogens is 6. The molecule has 2 aromatic carbocycles. The minimum atomic E-state index is -4.68. The maximum atomic E-state index is 13.3. The van der Waals surface area contributed by atoms with Gasteiger partial charge in [0.05, 0.1) is 18.3 Å². The van der Waals surface area contributed by atoms with Crippen LogP contribution in [0, 0.1) is 5.82 Å². The molecule has 3 rings (SSSR count). The van der Waals surface area contributed by atoms with E-state index in [1.807, 2.05) is 0 Å². The summed E-state index contributed by atoms with van der Waals surface area (Å²) in [6.45, 7) is -2.85. The zero-order valence-corrected chi connectivity index (χ0v) is 14.6. The molecule has 27 heavy (non-hydrogen) atoms. The highest BCUT2D eigenvalue weighted by Crippen LogP contribution is 2.42. The fourth-order valence-electron chi connectivity index (χ4n) is 3.18. The lowest BCUT2D eigenvalue weighted by atomic mass is 9.93. The van der Waals surface area contributed by atoms with Crippen LogP contribution in [0.1, 0.15) is 17.2 Å². The van der Waals surface area contributed by atoms with Crippen molar-refractivity contribution < 1.29 is 26.7 Å². The number of amides is 2. The monoisotopic (exact) mass is 404 g/mol. The molecule has 0 fully saturated rings. The standard InChI is InChI=1S/C18H14ClF5N2O/c19-12-3-6-15-14(9-12)16(11-1-4-13(21)5-2-11)26(10-18(22,23)24)17(27)25(15)8-7-20/h1-6,9,16H,7-8,10H2. The number of urea groups is 1. The van der Waals surface area contributed by atoms with Gasteiger partial charge >= 0.3 is 12.2 Å². The fraction of sp³-hybridized carbons (Fsp3) is 0.278. The molecule has 0 aromatic heterocycles. The summed E-state index contributed by atoms with van der Waals surface area (Å²) in [4.78, 5) is 14.3. The largest absolute Gasteiger partial charge is 0.406 e. The number of hydrogen-bond acceptors (Lipinski definition) is 1. The van der Waals surface area contributed by atoms with E-state index in [-0.39, 0.29) is 16.3 Å². The Morgan fingerprint density at radius 2 is 1.74 bits per heavy atom. The summed E-state index contributed by atoms with van der Waals surface area (Å²) in [6.07, 6.45) is -4.68. The molecule has 144 valence electrons. The topological polar surface area (TPSA) is 23.6 Å². The lowest BCUT2D eigenvalue weighted by Crippen LogP contribution is -2.53. The van der Waals surface area contributed by atoms with Crippen molar-refractivity contribution in [3.63, 3.8) is 0 Å². The Morgan fingerprint density at radius 3 is 2.33 bits per heavy atom. The van der Waals surface area contributed by atoms with Crippen LogP contribution in [0.15, 0.2) is 42.5 Å². The zero-order chi connectivity index (χ0) is 19.8. The lowest BCUT2D eigenvalue weighted by molar-refractivity contribution is -0.142. The van der Waals surface area contributed by atoms with Crippen LogP contribution >= 0.6 is 11.6 Å². The average molecular weight is 405 g/mol. The fourth-order valence-corrected chi connectivity index (χ4v) is 3.36. The molecule has 0 saturated carbocycles. The van der Waals surface area contributed by atoms with Gasteiger partial charge in [0.25, 0.3) is 0 Å². The Labute approximate surface area is 156 Å². The Bertz CT molecular complexity index is 841. The predicted octanol–water partition coefficient (Wildman–Crippen LogP) is 5.34. The van der Waals surface area contributed by atoms with Gasteiger partial charge in [0.1, 0.15) is 19.0 Å². The smallest absolute Gasteiger partial charge is 0.304 e. The van der Waals surface area contributed by atoms with Crippen LogP contribution in [0.2, 0.25) is 5.02 Å². The summed E-state index contributed by atoms with van der Waals surface area (Å²) >= 11 is 6.02. The van der Waals surface area contributed by atoms with Gasteiger partial charge in [-0.25, -0.2) is 13.6 Å². The van der Waals surface area contributed by atoms with Crippen molar-refractivity contribution >= 4 is 23.3 Å². The molecule has 1 aliphatic rings. The Morgan fingerprint density at radius 1 is 1.07 bits per heavy atom. The minimum Gasteiger partial charge on any atom is -0.304 e. The van der Waals surface area contributed by atoms with Crippen LogP contribution in [-0.4, -0.2) is 36.9 Å². The van der Waals surface area contributed by atoms with Crippen molar-refractivity contribution in [2.45, 2.75) is 12.2 Å². The van der Waals surface area contributed by atoms with Gasteiger partial charge in [-0.2, -0.15) is 13.2 Å². The quantitative estimate of drug-likeness (QED) is 0.631. The first kappa shape index (κ1) is 19.4. The number of rotatable bonds is 4. The predicted molar refractivity (Wildman–Crippen MR) is 91.2 cm³/mol. The van der Waals surface area contributed by atoms with Crippen molar-refractivity contribution in [3.05, 3.63) is 64.4 Å². The summed E-state index contributed by atoms with van der Waals surface area (Å²) < 4.78 is 65.7. The van der Waals surface area contributed by atoms with Gasteiger partial charge in [0, 0.05) is 10.6 Å². The third kappa shape index (κ3) is 4.00. The van der Waals surface area contributed by atoms with Gasteiger partial charge < -0.3 is 4.90 Å². The number of fused-ring (bicyclic) bond motifs is 1. The van der Waals surface area contributed by atoms with E-state index in [1.165, 1.54) is 30.3 Å². The maximum absolute atomic E-state index is 13.3. The van der Waals surface area contributed by atoms with Crippen molar-refractivity contribution in [2.75, 3.05) is 24.7 Å². The highest BCUT2D eigenvalue weighted by atomic mass is 35.5. The molecule has 0 bridgehead atoms. The van der Waals surface area contributed by atoms with Crippen LogP contribution in [-0.2, 0) is 0 Å². The highest BCUT2D eigenvalue weighted by molar-refractivity contribution is 6.30. The normalized spacial score (nSPS) is 17.3. The Balaban J connectivity index is 2.20. The summed E-state index contributed by atoms with van der Waals surface area (Å²) in [7, 11) is 0. The summed E-state index contributed by atoms with van der Waals surface area (Å²) in [5.74, 6) is -0.561. The summed E-state index contributed by atoms with van der Waals surface area (Å²) in [5, 5.41) is 0.252. The first-order valence-electron chi connectivity index (χ1n) is 7.97. The molecule has 1 unspecified atom stereocenters. The van der Waals surface area contributed by atoms with Crippen molar-refractivity contribution in [3.8, 4) is 0 Å². The number of carbonyl (C=O) groups excluding carboxylic acids is 1. The van der Waals surface area contributed by atoms with E-state index in [2.05, 4.69) is 0 Å². The van der Waals surface area contributed by atoms with Gasteiger partial charge in [-0.3, -0.25) is 4.90 Å². The van der Waals surface area contributed by atoms with Crippen LogP contribution < -0.4 is 4.90 Å². The number of anilines is 1. The van der Waals surface area contributed by atoms with E-state index in [0.29, 0.717) is 10.5 Å². The van der Waals surface area contributed by atoms with E-state index in [9.17, 15) is 26.7 Å². The van der Waals surface area contributed by atoms with Crippen LogP contribution in [0.3, 0.4) is 0 Å². The molecule has 1 aliphatic heterocycles. The third-order valence-electron chi connectivity index (χ3n) is 4.21. The van der Waals surface area contributed by atoms with Gasteiger partial charge in [-0.1, -0.05) is 23.7 Å². The number of carbonyl (C=O) groups is 1. The van der Waals surface area contributed by atoms with Crippen molar-refractivity contribution in [1.82, 2.24) is 4.90 Å². The highest BCUT2D eigenvalue weighted by Gasteiger charge is 2.44. The van der Waals surface area contributed by atoms with Gasteiger partial charge in [-0.15, -0.1) is 0 Å². The van der Waals surface area contributed by atoms with E-state index in [4.69, 9.17) is 11.6 Å². The van der Waals surface area contributed by atoms with Crippen LogP contribution in [0.4, 0.5) is 32.4 Å². The van der Waals surface area contributed by atoms with E-state index in [0.717, 1.165) is 17.0 Å². The molecule has 2 amide bonds. The molecule has 0 spiro atoms. The third-order valence-corrected chi connectivity index (χ3v) is 4.44. The molecule has 3 nitrogen and oxygen atoms in total. The Hall–Kier alpha value is -2.35. The first-order chi connectivity index (χ1) is 12.7. The molecule has 2 aromatic rings. The average Bonchev–Trinajstić information content (AvgIpc) is 2.59. The molecule has 0 aliphatic carbocycles. The Kier molecular flexibility index (Phi) is 5.28. The van der Waals surface area contributed by atoms with Crippen molar-refractivity contribution in [2.24, 2.45) is 0 Å². The minimum absolute atomic E-state index is 0.252. The molecule has 0 radical (unpaired) electrons. The van der Waals surface area contributed by atoms with Crippen LogP contribution in [0.5, 0.6) is 0 Å². The van der Waals surface area contributed by atoms with E-state index >= 15 is 0 Å². The summed E-state index contributed by atoms with van der Waals surface area (Å²) in [6, 6.07) is 7.09. The number of alkyl halides is 4. The molecule has 0 N–H and O–H groups in total. The van der Waals surface area contributed by atoms with E-state index in [1.54, 1.807) is 0 Å². The molecule has 0 saturated heterocycles. The molecule has 9 heteroatoms. The van der Waals surface area contributed by atoms with Gasteiger partial charge in [0.2, 0.25) is 0 Å². The molecule has 1 atom stereocenters. The molecular formula is C18H14ClF5N2O. The second kappa shape index (κ2) is 7.34. The van der Waals surface area contributed by atoms with Crippen molar-refractivity contribution in [1.29, 1.82) is 0 Å². The second-order valence-electron chi connectivity index (χ2n) is 6.02. The zero-order valence-electron chi connectivity index (χ0n) is 13.8.